The quantitative estimate of drug-likeness (QED) is 0.674. The van der Waals surface area contributed by atoms with E-state index in [4.69, 9.17) is 11.6 Å². The molecule has 0 spiro atoms. The summed E-state index contributed by atoms with van der Waals surface area (Å²) in [6.45, 7) is 0. The second-order valence-corrected chi connectivity index (χ2v) is 5.97. The summed E-state index contributed by atoms with van der Waals surface area (Å²) in [5.41, 5.74) is 1.16. The highest BCUT2D eigenvalue weighted by molar-refractivity contribution is 6.45. The van der Waals surface area contributed by atoms with Crippen molar-refractivity contribution in [1.82, 2.24) is 10.3 Å². The van der Waals surface area contributed by atoms with E-state index >= 15 is 0 Å². The van der Waals surface area contributed by atoms with Gasteiger partial charge in [0.25, 0.3) is 11.7 Å². The van der Waals surface area contributed by atoms with Crippen LogP contribution in [0, 0.1) is 0 Å². The topological polar surface area (TPSA) is 62.0 Å². The number of carbonyl (C=O) groups is 2. The van der Waals surface area contributed by atoms with Crippen molar-refractivity contribution in [3.8, 4) is 0 Å². The Labute approximate surface area is 127 Å². The molecule has 0 atom stereocenters. The summed E-state index contributed by atoms with van der Waals surface area (Å²) in [6.07, 6.45) is 6.94. The van der Waals surface area contributed by atoms with Gasteiger partial charge in [0.1, 0.15) is 0 Å². The number of aromatic amines is 1. The molecule has 1 aromatic heterocycles. The largest absolute Gasteiger partial charge is 0.360 e. The van der Waals surface area contributed by atoms with Gasteiger partial charge < -0.3 is 10.3 Å². The summed E-state index contributed by atoms with van der Waals surface area (Å²) >= 11 is 5.91. The van der Waals surface area contributed by atoms with Gasteiger partial charge in [-0.1, -0.05) is 36.9 Å². The Hall–Kier alpha value is -1.81. The van der Waals surface area contributed by atoms with Crippen molar-refractivity contribution in [2.75, 3.05) is 0 Å². The molecular weight excluding hydrogens is 288 g/mol. The average Bonchev–Trinajstić information content (AvgIpc) is 2.90. The van der Waals surface area contributed by atoms with Gasteiger partial charge in [0.15, 0.2) is 0 Å². The van der Waals surface area contributed by atoms with Gasteiger partial charge in [-0.05, 0) is 25.0 Å². The van der Waals surface area contributed by atoms with Crippen LogP contribution >= 0.6 is 11.6 Å². The Balaban J connectivity index is 1.78. The van der Waals surface area contributed by atoms with E-state index in [1.807, 2.05) is 0 Å². The Bertz CT molecular complexity index is 687. The molecule has 1 aliphatic rings. The normalized spacial score (nSPS) is 16.0. The molecule has 21 heavy (non-hydrogen) atoms. The van der Waals surface area contributed by atoms with Gasteiger partial charge in [-0.15, -0.1) is 0 Å². The first-order valence-corrected chi connectivity index (χ1v) is 7.65. The molecule has 0 bridgehead atoms. The molecule has 4 nitrogen and oxygen atoms in total. The van der Waals surface area contributed by atoms with Crippen molar-refractivity contribution in [1.29, 1.82) is 0 Å². The number of rotatable bonds is 3. The zero-order chi connectivity index (χ0) is 14.8. The number of hydrogen-bond donors (Lipinski definition) is 2. The van der Waals surface area contributed by atoms with Crippen LogP contribution in [0.1, 0.15) is 42.5 Å². The summed E-state index contributed by atoms with van der Waals surface area (Å²) < 4.78 is 0. The molecule has 1 heterocycles. The maximum atomic E-state index is 12.3. The summed E-state index contributed by atoms with van der Waals surface area (Å²) in [5.74, 6) is -1.01. The molecule has 0 radical (unpaired) electrons. The van der Waals surface area contributed by atoms with Crippen molar-refractivity contribution < 1.29 is 9.59 Å². The number of aromatic nitrogens is 1. The number of benzene rings is 1. The SMILES string of the molecule is O=C(NC1CCCCC1)C(=O)c1c[nH]c2cc(Cl)ccc12. The minimum atomic E-state index is -0.516. The Kier molecular flexibility index (Phi) is 3.97. The fraction of sp³-hybridized carbons (Fsp3) is 0.375. The zero-order valence-electron chi connectivity index (χ0n) is 11.6. The van der Waals surface area contributed by atoms with Crippen molar-refractivity contribution in [2.24, 2.45) is 0 Å². The molecule has 0 aliphatic heterocycles. The molecular formula is C16H17ClN2O2. The fourth-order valence-electron chi connectivity index (χ4n) is 2.91. The van der Waals surface area contributed by atoms with Crippen LogP contribution in [0.15, 0.2) is 24.4 Å². The smallest absolute Gasteiger partial charge is 0.292 e. The first-order chi connectivity index (χ1) is 10.1. The van der Waals surface area contributed by atoms with Crippen LogP contribution in [-0.2, 0) is 4.79 Å². The van der Waals surface area contributed by atoms with Crippen LogP contribution in [-0.4, -0.2) is 22.7 Å². The van der Waals surface area contributed by atoms with E-state index in [-0.39, 0.29) is 6.04 Å². The lowest BCUT2D eigenvalue weighted by molar-refractivity contribution is -0.117. The van der Waals surface area contributed by atoms with E-state index in [1.165, 1.54) is 6.42 Å². The van der Waals surface area contributed by atoms with Gasteiger partial charge in [0.05, 0.1) is 5.56 Å². The van der Waals surface area contributed by atoms with Crippen LogP contribution in [0.5, 0.6) is 0 Å². The Morgan fingerprint density at radius 1 is 1.19 bits per heavy atom. The molecule has 1 aliphatic carbocycles. The minimum absolute atomic E-state index is 0.134. The van der Waals surface area contributed by atoms with E-state index in [1.54, 1.807) is 24.4 Å². The number of ketones is 1. The summed E-state index contributed by atoms with van der Waals surface area (Å²) in [6, 6.07) is 5.35. The van der Waals surface area contributed by atoms with Gasteiger partial charge in [0.2, 0.25) is 0 Å². The predicted octanol–water partition coefficient (Wildman–Crippen LogP) is 3.45. The second kappa shape index (κ2) is 5.90. The molecule has 3 rings (SSSR count). The lowest BCUT2D eigenvalue weighted by Crippen LogP contribution is -2.40. The van der Waals surface area contributed by atoms with Gasteiger partial charge >= 0.3 is 0 Å². The van der Waals surface area contributed by atoms with Crippen LogP contribution in [0.3, 0.4) is 0 Å². The van der Waals surface area contributed by atoms with Gasteiger partial charge in [-0.3, -0.25) is 9.59 Å². The van der Waals surface area contributed by atoms with Crippen LogP contribution in [0.4, 0.5) is 0 Å². The molecule has 110 valence electrons. The predicted molar refractivity (Wildman–Crippen MR) is 82.7 cm³/mol. The standard InChI is InChI=1S/C16H17ClN2O2/c17-10-6-7-12-13(9-18-14(12)8-10)15(20)16(21)19-11-4-2-1-3-5-11/h6-9,11,18H,1-5H2,(H,19,21). The van der Waals surface area contributed by atoms with Crippen molar-refractivity contribution >= 4 is 34.2 Å². The Morgan fingerprint density at radius 2 is 1.95 bits per heavy atom. The number of H-pyrrole nitrogens is 1. The minimum Gasteiger partial charge on any atom is -0.360 e. The fourth-order valence-corrected chi connectivity index (χ4v) is 3.08. The van der Waals surface area contributed by atoms with E-state index < -0.39 is 11.7 Å². The van der Waals surface area contributed by atoms with Gasteiger partial charge in [0, 0.05) is 28.2 Å². The van der Waals surface area contributed by atoms with E-state index in [9.17, 15) is 9.59 Å². The molecule has 0 saturated heterocycles. The molecule has 1 amide bonds. The third-order valence-electron chi connectivity index (χ3n) is 4.04. The highest BCUT2D eigenvalue weighted by atomic mass is 35.5. The number of carbonyl (C=O) groups excluding carboxylic acids is 2. The Morgan fingerprint density at radius 3 is 2.71 bits per heavy atom. The zero-order valence-corrected chi connectivity index (χ0v) is 12.4. The summed E-state index contributed by atoms with van der Waals surface area (Å²) in [4.78, 5) is 27.4. The lowest BCUT2D eigenvalue weighted by Gasteiger charge is -2.22. The number of halogens is 1. The highest BCUT2D eigenvalue weighted by Gasteiger charge is 2.23. The van der Waals surface area contributed by atoms with E-state index in [0.29, 0.717) is 10.6 Å². The number of fused-ring (bicyclic) bond motifs is 1. The third-order valence-corrected chi connectivity index (χ3v) is 4.27. The highest BCUT2D eigenvalue weighted by Crippen LogP contribution is 2.23. The number of Topliss-reactive ketones (excluding diaryl/α,β-unsaturated/α-hetero) is 1. The molecule has 2 aromatic rings. The molecule has 1 saturated carbocycles. The van der Waals surface area contributed by atoms with Crippen molar-refractivity contribution in [3.05, 3.63) is 35.0 Å². The van der Waals surface area contributed by atoms with Gasteiger partial charge in [-0.2, -0.15) is 0 Å². The molecule has 1 fully saturated rings. The molecule has 5 heteroatoms. The maximum Gasteiger partial charge on any atom is 0.292 e. The van der Waals surface area contributed by atoms with Crippen molar-refractivity contribution in [3.63, 3.8) is 0 Å². The van der Waals surface area contributed by atoms with Crippen LogP contribution < -0.4 is 5.32 Å². The van der Waals surface area contributed by atoms with E-state index in [0.717, 1.165) is 36.6 Å². The monoisotopic (exact) mass is 304 g/mol. The summed E-state index contributed by atoms with van der Waals surface area (Å²) in [7, 11) is 0. The van der Waals surface area contributed by atoms with Crippen LogP contribution in [0.2, 0.25) is 5.02 Å². The second-order valence-electron chi connectivity index (χ2n) is 5.53. The summed E-state index contributed by atoms with van der Waals surface area (Å²) in [5, 5.41) is 4.17. The van der Waals surface area contributed by atoms with Crippen LogP contribution in [0.25, 0.3) is 10.9 Å². The maximum absolute atomic E-state index is 12.3. The number of nitrogens with one attached hydrogen (secondary N) is 2. The van der Waals surface area contributed by atoms with Crippen molar-refractivity contribution in [2.45, 2.75) is 38.1 Å². The number of amides is 1. The molecule has 2 N–H and O–H groups in total. The molecule has 1 aromatic carbocycles. The third kappa shape index (κ3) is 2.95. The molecule has 0 unspecified atom stereocenters. The number of hydrogen-bond acceptors (Lipinski definition) is 2. The average molecular weight is 305 g/mol. The first-order valence-electron chi connectivity index (χ1n) is 7.27. The lowest BCUT2D eigenvalue weighted by atomic mass is 9.95. The van der Waals surface area contributed by atoms with E-state index in [2.05, 4.69) is 10.3 Å². The first kappa shape index (κ1) is 14.1. The van der Waals surface area contributed by atoms with Gasteiger partial charge in [-0.25, -0.2) is 0 Å².